The van der Waals surface area contributed by atoms with Crippen LogP contribution in [0.15, 0.2) is 60.8 Å². The van der Waals surface area contributed by atoms with Crippen LogP contribution in [0, 0.1) is 0 Å². The number of rotatable bonds is 3. The first-order valence-electron chi connectivity index (χ1n) is 8.27. The molecule has 0 unspecified atom stereocenters. The van der Waals surface area contributed by atoms with Gasteiger partial charge in [0.25, 0.3) is 0 Å². The first kappa shape index (κ1) is 16.1. The fourth-order valence-electron chi connectivity index (χ4n) is 3.20. The molecule has 26 heavy (non-hydrogen) atoms. The molecule has 4 rings (SSSR count). The zero-order chi connectivity index (χ0) is 18.1. The van der Waals surface area contributed by atoms with Gasteiger partial charge in [0.1, 0.15) is 11.5 Å². The van der Waals surface area contributed by atoms with E-state index in [1.165, 1.54) is 0 Å². The van der Waals surface area contributed by atoms with Gasteiger partial charge in [0, 0.05) is 18.0 Å². The van der Waals surface area contributed by atoms with E-state index >= 15 is 0 Å². The minimum absolute atomic E-state index is 0.226. The summed E-state index contributed by atoms with van der Waals surface area (Å²) >= 11 is 0. The van der Waals surface area contributed by atoms with Crippen molar-refractivity contribution in [1.82, 2.24) is 4.57 Å². The van der Waals surface area contributed by atoms with E-state index in [0.29, 0.717) is 23.7 Å². The van der Waals surface area contributed by atoms with Crippen LogP contribution < -0.4 is 19.7 Å². The summed E-state index contributed by atoms with van der Waals surface area (Å²) in [5.74, 6) is 1.22. The predicted octanol–water partition coefficient (Wildman–Crippen LogP) is 4.05. The van der Waals surface area contributed by atoms with E-state index in [2.05, 4.69) is 9.88 Å². The minimum Gasteiger partial charge on any atom is -0.497 e. The third-order valence-corrected chi connectivity index (χ3v) is 4.48. The third kappa shape index (κ3) is 2.65. The van der Waals surface area contributed by atoms with Crippen LogP contribution in [0.3, 0.4) is 0 Å². The van der Waals surface area contributed by atoms with Gasteiger partial charge < -0.3 is 19.4 Å². The number of nitrogens with one attached hydrogen (secondary N) is 1. The molecule has 0 saturated heterocycles. The number of carbonyl (C=O) groups is 1. The molecule has 0 bridgehead atoms. The molecular formula is C20H19N3O3. The average Bonchev–Trinajstić information content (AvgIpc) is 3.16. The summed E-state index contributed by atoms with van der Waals surface area (Å²) in [4.78, 5) is 14.8. The van der Waals surface area contributed by atoms with Crippen molar-refractivity contribution in [3.63, 3.8) is 0 Å². The van der Waals surface area contributed by atoms with Gasteiger partial charge in [-0.15, -0.1) is 0 Å². The van der Waals surface area contributed by atoms with Gasteiger partial charge in [0.15, 0.2) is 0 Å². The first-order chi connectivity index (χ1) is 12.7. The Balaban J connectivity index is 1.68. The molecule has 1 aromatic heterocycles. The van der Waals surface area contributed by atoms with Gasteiger partial charge in [-0.2, -0.15) is 0 Å². The molecule has 2 heterocycles. The van der Waals surface area contributed by atoms with E-state index in [9.17, 15) is 4.79 Å². The molecule has 0 saturated carbocycles. The zero-order valence-electron chi connectivity index (χ0n) is 14.6. The standard InChI is InChI=1S/C20H19N3O3/c1-25-15-9-10-19(26-2)16(12-15)21-20(24)23-13-14-6-5-11-22(14)17-7-3-4-8-18(17)23/h3-12H,13H2,1-2H3,(H,21,24). The molecule has 2 amide bonds. The number of hydrogen-bond acceptors (Lipinski definition) is 3. The van der Waals surface area contributed by atoms with Gasteiger partial charge in [-0.1, -0.05) is 12.1 Å². The minimum atomic E-state index is -0.226. The maximum absolute atomic E-state index is 13.0. The molecule has 3 aromatic rings. The second-order valence-corrected chi connectivity index (χ2v) is 5.94. The Morgan fingerprint density at radius 1 is 1.00 bits per heavy atom. The molecule has 2 aromatic carbocycles. The molecule has 6 heteroatoms. The van der Waals surface area contributed by atoms with Crippen LogP contribution in [0.5, 0.6) is 11.5 Å². The Morgan fingerprint density at radius 3 is 2.58 bits per heavy atom. The van der Waals surface area contributed by atoms with Gasteiger partial charge in [-0.3, -0.25) is 4.90 Å². The number of carbonyl (C=O) groups excluding carboxylic acids is 1. The van der Waals surface area contributed by atoms with E-state index in [1.54, 1.807) is 37.3 Å². The SMILES string of the molecule is COc1ccc(OC)c(NC(=O)N2Cc3cccn3-c3ccccc32)c1. The average molecular weight is 349 g/mol. The van der Waals surface area contributed by atoms with Crippen LogP contribution in [0.25, 0.3) is 5.69 Å². The summed E-state index contributed by atoms with van der Waals surface area (Å²) < 4.78 is 12.7. The number of ether oxygens (including phenoxy) is 2. The van der Waals surface area contributed by atoms with E-state index in [-0.39, 0.29) is 6.03 Å². The summed E-state index contributed by atoms with van der Waals surface area (Å²) in [5, 5.41) is 2.94. The number of amides is 2. The molecule has 0 spiro atoms. The first-order valence-corrected chi connectivity index (χ1v) is 8.27. The molecule has 1 aliphatic rings. The molecule has 1 N–H and O–H groups in total. The summed E-state index contributed by atoms with van der Waals surface area (Å²) in [6.07, 6.45) is 2.01. The van der Waals surface area contributed by atoms with E-state index in [0.717, 1.165) is 17.1 Å². The number of methoxy groups -OCH3 is 2. The fraction of sp³-hybridized carbons (Fsp3) is 0.150. The lowest BCUT2D eigenvalue weighted by Gasteiger charge is -2.31. The van der Waals surface area contributed by atoms with Crippen molar-refractivity contribution in [3.8, 4) is 17.2 Å². The monoisotopic (exact) mass is 349 g/mol. The highest BCUT2D eigenvalue weighted by atomic mass is 16.5. The Labute approximate surface area is 151 Å². The third-order valence-electron chi connectivity index (χ3n) is 4.48. The van der Waals surface area contributed by atoms with Gasteiger partial charge >= 0.3 is 6.03 Å². The molecule has 132 valence electrons. The molecule has 0 radical (unpaired) electrons. The molecule has 0 fully saturated rings. The zero-order valence-corrected chi connectivity index (χ0v) is 14.6. The van der Waals surface area contributed by atoms with Crippen molar-refractivity contribution >= 4 is 17.4 Å². The van der Waals surface area contributed by atoms with Gasteiger partial charge in [-0.05, 0) is 36.4 Å². The number of fused-ring (bicyclic) bond motifs is 3. The molecule has 0 atom stereocenters. The van der Waals surface area contributed by atoms with Gasteiger partial charge in [-0.25, -0.2) is 4.79 Å². The summed E-state index contributed by atoms with van der Waals surface area (Å²) in [6, 6.07) is 16.9. The second-order valence-electron chi connectivity index (χ2n) is 5.94. The number of aromatic nitrogens is 1. The summed E-state index contributed by atoms with van der Waals surface area (Å²) in [6.45, 7) is 0.488. The Morgan fingerprint density at radius 2 is 1.81 bits per heavy atom. The second kappa shape index (κ2) is 6.48. The number of para-hydroxylation sites is 2. The van der Waals surface area contributed by atoms with Crippen molar-refractivity contribution in [1.29, 1.82) is 0 Å². The van der Waals surface area contributed by atoms with E-state index in [4.69, 9.17) is 9.47 Å². The van der Waals surface area contributed by atoms with Gasteiger partial charge in [0.2, 0.25) is 0 Å². The highest BCUT2D eigenvalue weighted by Crippen LogP contribution is 2.34. The van der Waals surface area contributed by atoms with Crippen molar-refractivity contribution in [2.75, 3.05) is 24.4 Å². The van der Waals surface area contributed by atoms with Crippen LogP contribution in [-0.4, -0.2) is 24.8 Å². The summed E-state index contributed by atoms with van der Waals surface area (Å²) in [7, 11) is 3.16. The molecule has 6 nitrogen and oxygen atoms in total. The van der Waals surface area contributed by atoms with Crippen LogP contribution in [0.2, 0.25) is 0 Å². The summed E-state index contributed by atoms with van der Waals surface area (Å²) in [5.41, 5.74) is 3.45. The molecule has 1 aliphatic heterocycles. The number of benzene rings is 2. The highest BCUT2D eigenvalue weighted by molar-refractivity contribution is 6.04. The van der Waals surface area contributed by atoms with E-state index < -0.39 is 0 Å². The van der Waals surface area contributed by atoms with Crippen molar-refractivity contribution in [2.45, 2.75) is 6.54 Å². The maximum atomic E-state index is 13.0. The number of anilines is 2. The number of nitrogens with zero attached hydrogens (tertiary/aromatic N) is 2. The van der Waals surface area contributed by atoms with Gasteiger partial charge in [0.05, 0.1) is 37.8 Å². The van der Waals surface area contributed by atoms with Crippen LogP contribution in [0.1, 0.15) is 5.69 Å². The lowest BCUT2D eigenvalue weighted by molar-refractivity contribution is 0.256. The highest BCUT2D eigenvalue weighted by Gasteiger charge is 2.26. The van der Waals surface area contributed by atoms with Crippen molar-refractivity contribution in [3.05, 3.63) is 66.5 Å². The largest absolute Gasteiger partial charge is 0.497 e. The Hall–Kier alpha value is -3.41. The Bertz CT molecular complexity index is 964. The smallest absolute Gasteiger partial charge is 0.326 e. The lowest BCUT2D eigenvalue weighted by Crippen LogP contribution is -2.38. The number of hydrogen-bond donors (Lipinski definition) is 1. The lowest BCUT2D eigenvalue weighted by atomic mass is 10.2. The maximum Gasteiger partial charge on any atom is 0.326 e. The van der Waals surface area contributed by atoms with E-state index in [1.807, 2.05) is 42.6 Å². The normalized spacial score (nSPS) is 12.2. The molecule has 0 aliphatic carbocycles. The van der Waals surface area contributed by atoms with Crippen molar-refractivity contribution in [2.24, 2.45) is 0 Å². The predicted molar refractivity (Wildman–Crippen MR) is 101 cm³/mol. The van der Waals surface area contributed by atoms with Crippen LogP contribution >= 0.6 is 0 Å². The quantitative estimate of drug-likeness (QED) is 0.776. The topological polar surface area (TPSA) is 55.7 Å². The van der Waals surface area contributed by atoms with Crippen molar-refractivity contribution < 1.29 is 14.3 Å². The van der Waals surface area contributed by atoms with Crippen LogP contribution in [0.4, 0.5) is 16.2 Å². The fourth-order valence-corrected chi connectivity index (χ4v) is 3.20. The van der Waals surface area contributed by atoms with Crippen LogP contribution in [-0.2, 0) is 6.54 Å². The number of urea groups is 1. The molecular weight excluding hydrogens is 330 g/mol. The Kier molecular flexibility index (Phi) is 4.01.